The van der Waals surface area contributed by atoms with Crippen LogP contribution < -0.4 is 5.32 Å². The first-order valence-corrected chi connectivity index (χ1v) is 6.32. The summed E-state index contributed by atoms with van der Waals surface area (Å²) < 4.78 is 5.85. The van der Waals surface area contributed by atoms with Gasteiger partial charge in [-0.15, -0.1) is 0 Å². The third kappa shape index (κ3) is 2.99. The van der Waals surface area contributed by atoms with Crippen LogP contribution in [0, 0.1) is 0 Å². The summed E-state index contributed by atoms with van der Waals surface area (Å²) in [6.45, 7) is 2.60. The van der Waals surface area contributed by atoms with Crippen LogP contribution in [0.15, 0.2) is 24.3 Å². The number of nitrogens with one attached hydrogen (secondary N) is 1. The van der Waals surface area contributed by atoms with E-state index in [-0.39, 0.29) is 12.1 Å². The average molecular weight is 255 g/mol. The van der Waals surface area contributed by atoms with E-state index in [1.165, 1.54) is 5.56 Å². The average Bonchev–Trinajstić information content (AvgIpc) is 2.29. The van der Waals surface area contributed by atoms with Crippen molar-refractivity contribution in [3.63, 3.8) is 0 Å². The number of halogens is 1. The molecule has 2 rings (SSSR count). The molecule has 0 radical (unpaired) electrons. The van der Waals surface area contributed by atoms with Crippen molar-refractivity contribution in [3.8, 4) is 0 Å². The van der Waals surface area contributed by atoms with Crippen LogP contribution in [0.3, 0.4) is 0 Å². The molecule has 1 aromatic carbocycles. The zero-order valence-corrected chi connectivity index (χ0v) is 11.1. The van der Waals surface area contributed by atoms with Gasteiger partial charge in [0.2, 0.25) is 0 Å². The normalized spacial score (nSPS) is 26.1. The van der Waals surface area contributed by atoms with Gasteiger partial charge in [0.1, 0.15) is 0 Å². The molecule has 1 heterocycles. The highest BCUT2D eigenvalue weighted by Gasteiger charge is 2.30. The van der Waals surface area contributed by atoms with E-state index in [0.717, 1.165) is 24.7 Å². The lowest BCUT2D eigenvalue weighted by Crippen LogP contribution is -2.46. The minimum atomic E-state index is 0.178. The van der Waals surface area contributed by atoms with Crippen LogP contribution in [0.2, 0.25) is 5.02 Å². The SMILES string of the molecule is CNCC1OCCN(C)C1c1cccc(Cl)c1. The molecule has 17 heavy (non-hydrogen) atoms. The Hall–Kier alpha value is -0.610. The molecule has 1 aliphatic rings. The van der Waals surface area contributed by atoms with E-state index in [4.69, 9.17) is 16.3 Å². The largest absolute Gasteiger partial charge is 0.374 e. The van der Waals surface area contributed by atoms with Gasteiger partial charge >= 0.3 is 0 Å². The smallest absolute Gasteiger partial charge is 0.0896 e. The van der Waals surface area contributed by atoms with Gasteiger partial charge in [-0.25, -0.2) is 0 Å². The van der Waals surface area contributed by atoms with E-state index in [0.29, 0.717) is 0 Å². The van der Waals surface area contributed by atoms with Gasteiger partial charge in [0, 0.05) is 18.1 Å². The number of likely N-dealkylation sites (N-methyl/N-ethyl adjacent to an activating group) is 2. The van der Waals surface area contributed by atoms with Crippen LogP contribution in [0.5, 0.6) is 0 Å². The standard InChI is InChI=1S/C13H19ClN2O/c1-15-9-12-13(16(2)6-7-17-12)10-4-3-5-11(14)8-10/h3-5,8,12-13,15H,6-7,9H2,1-2H3. The van der Waals surface area contributed by atoms with Crippen LogP contribution in [-0.4, -0.2) is 44.8 Å². The Balaban J connectivity index is 2.24. The van der Waals surface area contributed by atoms with Crippen molar-refractivity contribution >= 4 is 11.6 Å². The van der Waals surface area contributed by atoms with Crippen molar-refractivity contribution in [3.05, 3.63) is 34.9 Å². The van der Waals surface area contributed by atoms with E-state index >= 15 is 0 Å². The highest BCUT2D eigenvalue weighted by atomic mass is 35.5. The Bertz CT molecular complexity index is 370. The second-order valence-corrected chi connectivity index (χ2v) is 4.88. The van der Waals surface area contributed by atoms with E-state index < -0.39 is 0 Å². The van der Waals surface area contributed by atoms with Crippen LogP contribution in [0.1, 0.15) is 11.6 Å². The van der Waals surface area contributed by atoms with Crippen molar-refractivity contribution < 1.29 is 4.74 Å². The molecule has 0 bridgehead atoms. The van der Waals surface area contributed by atoms with E-state index in [9.17, 15) is 0 Å². The van der Waals surface area contributed by atoms with Gasteiger partial charge in [-0.1, -0.05) is 23.7 Å². The zero-order valence-electron chi connectivity index (χ0n) is 10.3. The Morgan fingerprint density at radius 2 is 2.35 bits per heavy atom. The molecule has 2 atom stereocenters. The fraction of sp³-hybridized carbons (Fsp3) is 0.538. The molecule has 1 fully saturated rings. The minimum Gasteiger partial charge on any atom is -0.374 e. The minimum absolute atomic E-state index is 0.178. The van der Waals surface area contributed by atoms with E-state index in [2.05, 4.69) is 23.3 Å². The van der Waals surface area contributed by atoms with Gasteiger partial charge in [-0.05, 0) is 31.8 Å². The quantitative estimate of drug-likeness (QED) is 0.892. The lowest BCUT2D eigenvalue weighted by Gasteiger charge is -2.39. The Morgan fingerprint density at radius 1 is 1.53 bits per heavy atom. The van der Waals surface area contributed by atoms with E-state index in [1.54, 1.807) is 0 Å². The number of rotatable bonds is 3. The van der Waals surface area contributed by atoms with Gasteiger partial charge in [0.15, 0.2) is 0 Å². The van der Waals surface area contributed by atoms with Gasteiger partial charge in [0.25, 0.3) is 0 Å². The monoisotopic (exact) mass is 254 g/mol. The molecule has 3 nitrogen and oxygen atoms in total. The van der Waals surface area contributed by atoms with Crippen LogP contribution in [0.25, 0.3) is 0 Å². The second kappa shape index (κ2) is 5.83. The van der Waals surface area contributed by atoms with Gasteiger partial charge in [-0.2, -0.15) is 0 Å². The third-order valence-electron chi connectivity index (χ3n) is 3.20. The van der Waals surface area contributed by atoms with Gasteiger partial charge < -0.3 is 10.1 Å². The van der Waals surface area contributed by atoms with Crippen molar-refractivity contribution in [2.75, 3.05) is 33.8 Å². The fourth-order valence-corrected chi connectivity index (χ4v) is 2.59. The first-order valence-electron chi connectivity index (χ1n) is 5.94. The molecule has 4 heteroatoms. The molecular formula is C13H19ClN2O. The third-order valence-corrected chi connectivity index (χ3v) is 3.43. The van der Waals surface area contributed by atoms with Gasteiger partial charge in [-0.3, -0.25) is 4.90 Å². The molecule has 1 saturated heterocycles. The maximum atomic E-state index is 6.06. The molecule has 0 saturated carbocycles. The fourth-order valence-electron chi connectivity index (χ4n) is 2.39. The number of ether oxygens (including phenoxy) is 1. The number of hydrogen-bond acceptors (Lipinski definition) is 3. The molecule has 94 valence electrons. The number of benzene rings is 1. The maximum Gasteiger partial charge on any atom is 0.0896 e. The highest BCUT2D eigenvalue weighted by Crippen LogP contribution is 2.29. The lowest BCUT2D eigenvalue weighted by molar-refractivity contribution is -0.0606. The zero-order chi connectivity index (χ0) is 12.3. The predicted octanol–water partition coefficient (Wildman–Crippen LogP) is 1.93. The Morgan fingerprint density at radius 3 is 3.06 bits per heavy atom. The molecule has 0 spiro atoms. The second-order valence-electron chi connectivity index (χ2n) is 4.45. The van der Waals surface area contributed by atoms with Crippen LogP contribution in [0.4, 0.5) is 0 Å². The summed E-state index contributed by atoms with van der Waals surface area (Å²) in [5.74, 6) is 0. The summed E-state index contributed by atoms with van der Waals surface area (Å²) in [6.07, 6.45) is 0.178. The summed E-state index contributed by atoms with van der Waals surface area (Å²) in [6, 6.07) is 8.32. The lowest BCUT2D eigenvalue weighted by atomic mass is 9.98. The van der Waals surface area contributed by atoms with Crippen molar-refractivity contribution in [2.45, 2.75) is 12.1 Å². The first kappa shape index (κ1) is 12.8. The summed E-state index contributed by atoms with van der Waals surface area (Å²) in [5, 5.41) is 3.97. The molecule has 0 aliphatic carbocycles. The molecule has 0 amide bonds. The summed E-state index contributed by atoms with van der Waals surface area (Å²) in [7, 11) is 4.09. The number of nitrogens with zero attached hydrogens (tertiary/aromatic N) is 1. The Kier molecular flexibility index (Phi) is 4.40. The van der Waals surface area contributed by atoms with Crippen molar-refractivity contribution in [2.24, 2.45) is 0 Å². The highest BCUT2D eigenvalue weighted by molar-refractivity contribution is 6.30. The molecular weight excluding hydrogens is 236 g/mol. The van der Waals surface area contributed by atoms with Gasteiger partial charge in [0.05, 0.1) is 18.8 Å². The van der Waals surface area contributed by atoms with Crippen LogP contribution >= 0.6 is 11.6 Å². The van der Waals surface area contributed by atoms with Crippen molar-refractivity contribution in [1.82, 2.24) is 10.2 Å². The topological polar surface area (TPSA) is 24.5 Å². The number of morpholine rings is 1. The molecule has 1 aromatic rings. The maximum absolute atomic E-state index is 6.06. The molecule has 0 aromatic heterocycles. The molecule has 1 aliphatic heterocycles. The molecule has 2 unspecified atom stereocenters. The summed E-state index contributed by atoms with van der Waals surface area (Å²) in [5.41, 5.74) is 1.22. The van der Waals surface area contributed by atoms with Crippen LogP contribution in [-0.2, 0) is 4.74 Å². The van der Waals surface area contributed by atoms with Crippen molar-refractivity contribution in [1.29, 1.82) is 0 Å². The number of hydrogen-bond donors (Lipinski definition) is 1. The first-order chi connectivity index (χ1) is 8.22. The van der Waals surface area contributed by atoms with E-state index in [1.807, 2.05) is 25.2 Å². The predicted molar refractivity (Wildman–Crippen MR) is 70.5 cm³/mol. The Labute approximate surface area is 108 Å². The summed E-state index contributed by atoms with van der Waals surface area (Å²) >= 11 is 6.06. The summed E-state index contributed by atoms with van der Waals surface area (Å²) in [4.78, 5) is 2.33. The molecule has 1 N–H and O–H groups in total.